The summed E-state index contributed by atoms with van der Waals surface area (Å²) in [5.74, 6) is 0.942. The van der Waals surface area contributed by atoms with Gasteiger partial charge in [0.25, 0.3) is 0 Å². The fourth-order valence-electron chi connectivity index (χ4n) is 3.85. The topological polar surface area (TPSA) is 47.6 Å². The minimum atomic E-state index is -0.156. The molecule has 1 aliphatic rings. The zero-order valence-electron chi connectivity index (χ0n) is 16.5. The van der Waals surface area contributed by atoms with Crippen LogP contribution in [0.25, 0.3) is 0 Å². The Bertz CT molecular complexity index is 794. The van der Waals surface area contributed by atoms with Crippen molar-refractivity contribution in [2.75, 3.05) is 26.9 Å². The lowest BCUT2D eigenvalue weighted by atomic mass is 9.73. The molecule has 4 nitrogen and oxygen atoms in total. The van der Waals surface area contributed by atoms with Crippen molar-refractivity contribution in [1.82, 2.24) is 5.32 Å². The molecule has 27 heavy (non-hydrogen) atoms. The van der Waals surface area contributed by atoms with Gasteiger partial charge in [-0.2, -0.15) is 0 Å². The Labute approximate surface area is 161 Å². The van der Waals surface area contributed by atoms with E-state index in [0.29, 0.717) is 26.2 Å². The van der Waals surface area contributed by atoms with Crippen molar-refractivity contribution >= 4 is 5.91 Å². The molecule has 0 spiro atoms. The summed E-state index contributed by atoms with van der Waals surface area (Å²) in [6.45, 7) is 6.13. The van der Waals surface area contributed by atoms with Gasteiger partial charge in [-0.3, -0.25) is 4.79 Å². The number of nitrogens with one attached hydrogen (secondary N) is 1. The van der Waals surface area contributed by atoms with Gasteiger partial charge in [0.15, 0.2) is 0 Å². The van der Waals surface area contributed by atoms with Crippen molar-refractivity contribution in [3.63, 3.8) is 0 Å². The second-order valence-electron chi connectivity index (χ2n) is 7.48. The SMILES string of the molecule is COc1ccc(C)cc1C1(CNC(=O)Cc2ccccc2C)CCOCC1. The van der Waals surface area contributed by atoms with E-state index in [9.17, 15) is 4.79 Å². The van der Waals surface area contributed by atoms with Crippen LogP contribution in [-0.4, -0.2) is 32.8 Å². The highest BCUT2D eigenvalue weighted by Gasteiger charge is 2.37. The molecule has 1 aliphatic heterocycles. The van der Waals surface area contributed by atoms with E-state index in [1.54, 1.807) is 7.11 Å². The predicted octanol–water partition coefficient (Wildman–Crippen LogP) is 3.72. The summed E-state index contributed by atoms with van der Waals surface area (Å²) in [7, 11) is 1.71. The number of hydrogen-bond acceptors (Lipinski definition) is 3. The first-order chi connectivity index (χ1) is 13.0. The molecule has 0 unspecified atom stereocenters. The standard InChI is InChI=1S/C23H29NO3/c1-17-8-9-21(26-3)20(14-17)23(10-12-27-13-11-23)16-24-22(25)15-19-7-5-4-6-18(19)2/h4-9,14H,10-13,15-16H2,1-3H3,(H,24,25). The molecular weight excluding hydrogens is 338 g/mol. The van der Waals surface area contributed by atoms with Crippen LogP contribution in [-0.2, 0) is 21.4 Å². The number of ether oxygens (including phenoxy) is 2. The number of benzene rings is 2. The van der Waals surface area contributed by atoms with Crippen LogP contribution < -0.4 is 10.1 Å². The molecule has 0 atom stereocenters. The van der Waals surface area contributed by atoms with Crippen molar-refractivity contribution in [3.8, 4) is 5.75 Å². The first-order valence-electron chi connectivity index (χ1n) is 9.58. The number of amides is 1. The Kier molecular flexibility index (Phi) is 6.17. The Morgan fingerprint density at radius 3 is 2.59 bits per heavy atom. The van der Waals surface area contributed by atoms with Gasteiger partial charge in [-0.05, 0) is 43.9 Å². The van der Waals surface area contributed by atoms with Crippen LogP contribution in [0.15, 0.2) is 42.5 Å². The lowest BCUT2D eigenvalue weighted by Gasteiger charge is -2.39. The zero-order chi connectivity index (χ0) is 19.3. The van der Waals surface area contributed by atoms with E-state index in [-0.39, 0.29) is 11.3 Å². The van der Waals surface area contributed by atoms with Crippen LogP contribution >= 0.6 is 0 Å². The molecule has 1 N–H and O–H groups in total. The van der Waals surface area contributed by atoms with E-state index < -0.39 is 0 Å². The van der Waals surface area contributed by atoms with E-state index >= 15 is 0 Å². The number of carbonyl (C=O) groups excluding carboxylic acids is 1. The van der Waals surface area contributed by atoms with Crippen LogP contribution in [0.5, 0.6) is 5.75 Å². The Morgan fingerprint density at radius 1 is 1.15 bits per heavy atom. The third-order valence-corrected chi connectivity index (χ3v) is 5.61. The van der Waals surface area contributed by atoms with Gasteiger partial charge in [-0.1, -0.05) is 42.0 Å². The molecule has 0 aromatic heterocycles. The molecule has 2 aromatic carbocycles. The van der Waals surface area contributed by atoms with Crippen LogP contribution in [0.4, 0.5) is 0 Å². The zero-order valence-corrected chi connectivity index (χ0v) is 16.5. The molecule has 2 aromatic rings. The quantitative estimate of drug-likeness (QED) is 0.846. The monoisotopic (exact) mass is 367 g/mol. The molecule has 0 aliphatic carbocycles. The van der Waals surface area contributed by atoms with Gasteiger partial charge in [0.05, 0.1) is 13.5 Å². The second-order valence-corrected chi connectivity index (χ2v) is 7.48. The summed E-state index contributed by atoms with van der Waals surface area (Å²) in [5.41, 5.74) is 4.43. The molecule has 144 valence electrons. The number of rotatable bonds is 6. The predicted molar refractivity (Wildman–Crippen MR) is 107 cm³/mol. The number of carbonyl (C=O) groups is 1. The van der Waals surface area contributed by atoms with Crippen molar-refractivity contribution < 1.29 is 14.3 Å². The molecule has 1 heterocycles. The van der Waals surface area contributed by atoms with Crippen molar-refractivity contribution in [3.05, 3.63) is 64.7 Å². The lowest BCUT2D eigenvalue weighted by molar-refractivity contribution is -0.121. The first-order valence-corrected chi connectivity index (χ1v) is 9.58. The molecule has 0 saturated carbocycles. The van der Waals surface area contributed by atoms with E-state index in [4.69, 9.17) is 9.47 Å². The summed E-state index contributed by atoms with van der Waals surface area (Å²) >= 11 is 0. The molecule has 1 amide bonds. The third kappa shape index (κ3) is 4.51. The molecule has 1 fully saturated rings. The van der Waals surface area contributed by atoms with Gasteiger partial charge in [0.1, 0.15) is 5.75 Å². The van der Waals surface area contributed by atoms with E-state index in [1.165, 1.54) is 11.1 Å². The maximum atomic E-state index is 12.6. The van der Waals surface area contributed by atoms with Gasteiger partial charge in [0.2, 0.25) is 5.91 Å². The molecule has 0 bridgehead atoms. The van der Waals surface area contributed by atoms with Crippen molar-refractivity contribution in [2.24, 2.45) is 0 Å². The highest BCUT2D eigenvalue weighted by atomic mass is 16.5. The van der Waals surface area contributed by atoms with E-state index in [2.05, 4.69) is 24.4 Å². The second kappa shape index (κ2) is 8.57. The van der Waals surface area contributed by atoms with Crippen molar-refractivity contribution in [1.29, 1.82) is 0 Å². The minimum absolute atomic E-state index is 0.0572. The Morgan fingerprint density at radius 2 is 1.89 bits per heavy atom. The largest absolute Gasteiger partial charge is 0.496 e. The fraction of sp³-hybridized carbons (Fsp3) is 0.435. The molecular formula is C23H29NO3. The van der Waals surface area contributed by atoms with Gasteiger partial charge in [-0.15, -0.1) is 0 Å². The normalized spacial score (nSPS) is 16.0. The van der Waals surface area contributed by atoms with Gasteiger partial charge >= 0.3 is 0 Å². The highest BCUT2D eigenvalue weighted by Crippen LogP contribution is 2.40. The summed E-state index contributed by atoms with van der Waals surface area (Å²) < 4.78 is 11.3. The maximum Gasteiger partial charge on any atom is 0.224 e. The first kappa shape index (κ1) is 19.4. The van der Waals surface area contributed by atoms with Gasteiger partial charge < -0.3 is 14.8 Å². The average molecular weight is 367 g/mol. The third-order valence-electron chi connectivity index (χ3n) is 5.61. The smallest absolute Gasteiger partial charge is 0.224 e. The Balaban J connectivity index is 1.79. The minimum Gasteiger partial charge on any atom is -0.496 e. The Hall–Kier alpha value is -2.33. The van der Waals surface area contributed by atoms with Crippen LogP contribution in [0.3, 0.4) is 0 Å². The summed E-state index contributed by atoms with van der Waals surface area (Å²) in [4.78, 5) is 12.6. The molecule has 3 rings (SSSR count). The number of hydrogen-bond donors (Lipinski definition) is 1. The summed E-state index contributed by atoms with van der Waals surface area (Å²) in [6.07, 6.45) is 2.15. The van der Waals surface area contributed by atoms with Crippen LogP contribution in [0, 0.1) is 13.8 Å². The maximum absolute atomic E-state index is 12.6. The van der Waals surface area contributed by atoms with E-state index in [1.807, 2.05) is 37.3 Å². The van der Waals surface area contributed by atoms with Crippen LogP contribution in [0.1, 0.15) is 35.1 Å². The van der Waals surface area contributed by atoms with Gasteiger partial charge in [0, 0.05) is 30.7 Å². The van der Waals surface area contributed by atoms with Crippen LogP contribution in [0.2, 0.25) is 0 Å². The fourth-order valence-corrected chi connectivity index (χ4v) is 3.85. The number of methoxy groups -OCH3 is 1. The molecule has 0 radical (unpaired) electrons. The van der Waals surface area contributed by atoms with E-state index in [0.717, 1.165) is 29.7 Å². The molecule has 4 heteroatoms. The molecule has 1 saturated heterocycles. The average Bonchev–Trinajstić information content (AvgIpc) is 2.69. The van der Waals surface area contributed by atoms with Crippen molar-refractivity contribution in [2.45, 2.75) is 38.5 Å². The number of aryl methyl sites for hydroxylation is 2. The lowest BCUT2D eigenvalue weighted by Crippen LogP contribution is -2.45. The summed E-state index contributed by atoms with van der Waals surface area (Å²) in [6, 6.07) is 14.3. The van der Waals surface area contributed by atoms with Gasteiger partial charge in [-0.25, -0.2) is 0 Å². The highest BCUT2D eigenvalue weighted by molar-refractivity contribution is 5.79. The summed E-state index contributed by atoms with van der Waals surface area (Å²) in [5, 5.41) is 3.19.